The summed E-state index contributed by atoms with van der Waals surface area (Å²) in [5.41, 5.74) is 0.199. The maximum absolute atomic E-state index is 11.1. The highest BCUT2D eigenvalue weighted by molar-refractivity contribution is 7.11. The van der Waals surface area contributed by atoms with E-state index in [1.165, 1.54) is 11.3 Å². The molecule has 2 rings (SSSR count). The summed E-state index contributed by atoms with van der Waals surface area (Å²) in [4.78, 5) is 24.0. The van der Waals surface area contributed by atoms with Crippen molar-refractivity contribution in [2.24, 2.45) is 0 Å². The van der Waals surface area contributed by atoms with Crippen molar-refractivity contribution < 1.29 is 4.92 Å². The second kappa shape index (κ2) is 5.78. The number of aromatic nitrogens is 3. The van der Waals surface area contributed by atoms with Crippen LogP contribution in [-0.2, 0) is 6.54 Å². The van der Waals surface area contributed by atoms with Crippen molar-refractivity contribution >= 4 is 28.8 Å². The molecule has 2 heterocycles. The third-order valence-corrected chi connectivity index (χ3v) is 3.45. The van der Waals surface area contributed by atoms with Crippen LogP contribution in [-0.4, -0.2) is 26.9 Å². The summed E-state index contributed by atoms with van der Waals surface area (Å²) in [7, 11) is 1.66. The normalized spacial score (nSPS) is 10.3. The molecule has 8 nitrogen and oxygen atoms in total. The molecule has 9 heteroatoms. The van der Waals surface area contributed by atoms with Gasteiger partial charge in [0.25, 0.3) is 0 Å². The lowest BCUT2D eigenvalue weighted by Gasteiger charge is -2.08. The number of anilines is 2. The van der Waals surface area contributed by atoms with Gasteiger partial charge in [-0.2, -0.15) is 4.98 Å². The molecule has 0 atom stereocenters. The van der Waals surface area contributed by atoms with E-state index >= 15 is 0 Å². The van der Waals surface area contributed by atoms with Crippen LogP contribution < -0.4 is 10.6 Å². The third kappa shape index (κ3) is 2.99. The Kier molecular flexibility index (Phi) is 4.08. The Bertz CT molecular complexity index is 642. The third-order valence-electron chi connectivity index (χ3n) is 2.54. The molecule has 0 aliphatic rings. The van der Waals surface area contributed by atoms with Gasteiger partial charge in [-0.1, -0.05) is 0 Å². The fourth-order valence-corrected chi connectivity index (χ4v) is 2.39. The first kappa shape index (κ1) is 14.1. The van der Waals surface area contributed by atoms with Crippen molar-refractivity contribution in [2.75, 3.05) is 17.7 Å². The number of rotatable bonds is 5. The smallest absolute Gasteiger partial charge is 0.332 e. The molecule has 0 saturated heterocycles. The molecule has 0 bridgehead atoms. The largest absolute Gasteiger partial charge is 0.358 e. The molecule has 0 amide bonds. The van der Waals surface area contributed by atoms with Gasteiger partial charge in [0, 0.05) is 18.1 Å². The molecule has 2 N–H and O–H groups in total. The summed E-state index contributed by atoms with van der Waals surface area (Å²) in [6, 6.07) is 0. The fraction of sp³-hybridized carbons (Fsp3) is 0.364. The van der Waals surface area contributed by atoms with E-state index in [1.807, 2.05) is 6.92 Å². The van der Waals surface area contributed by atoms with Gasteiger partial charge in [0.15, 0.2) is 0 Å². The monoisotopic (exact) mass is 294 g/mol. The van der Waals surface area contributed by atoms with Crippen LogP contribution >= 0.6 is 11.3 Å². The number of nitrogens with one attached hydrogen (secondary N) is 2. The Labute approximate surface area is 119 Å². The van der Waals surface area contributed by atoms with Crippen LogP contribution in [0.3, 0.4) is 0 Å². The van der Waals surface area contributed by atoms with E-state index in [4.69, 9.17) is 0 Å². The number of hydrogen-bond acceptors (Lipinski definition) is 8. The minimum absolute atomic E-state index is 0.114. The second-order valence-corrected chi connectivity index (χ2v) is 5.37. The molecule has 0 aliphatic heterocycles. The number of nitro groups is 1. The van der Waals surface area contributed by atoms with Gasteiger partial charge in [-0.25, -0.2) is 9.97 Å². The molecule has 2 aromatic rings. The quantitative estimate of drug-likeness (QED) is 0.642. The maximum atomic E-state index is 11.1. The predicted molar refractivity (Wildman–Crippen MR) is 77.1 cm³/mol. The Morgan fingerprint density at radius 1 is 1.40 bits per heavy atom. The van der Waals surface area contributed by atoms with Gasteiger partial charge in [0.05, 0.1) is 11.5 Å². The molecule has 106 valence electrons. The fourth-order valence-electron chi connectivity index (χ4n) is 1.66. The molecule has 0 aliphatic carbocycles. The van der Waals surface area contributed by atoms with Crippen LogP contribution in [0.25, 0.3) is 0 Å². The molecule has 0 unspecified atom stereocenters. The first-order chi connectivity index (χ1) is 9.51. The van der Waals surface area contributed by atoms with E-state index in [2.05, 4.69) is 25.6 Å². The molecule has 20 heavy (non-hydrogen) atoms. The number of nitrogens with zero attached hydrogens (tertiary/aromatic N) is 4. The van der Waals surface area contributed by atoms with Gasteiger partial charge in [-0.05, 0) is 13.8 Å². The average Bonchev–Trinajstić information content (AvgIpc) is 2.81. The van der Waals surface area contributed by atoms with Crippen LogP contribution in [0.1, 0.15) is 15.6 Å². The minimum Gasteiger partial charge on any atom is -0.358 e. The maximum Gasteiger partial charge on any atom is 0.332 e. The van der Waals surface area contributed by atoms with Crippen LogP contribution in [0.2, 0.25) is 0 Å². The summed E-state index contributed by atoms with van der Waals surface area (Å²) < 4.78 is 0. The lowest BCUT2D eigenvalue weighted by atomic mass is 10.3. The van der Waals surface area contributed by atoms with Crippen molar-refractivity contribution in [3.8, 4) is 0 Å². The molecule has 0 saturated carbocycles. The molecular weight excluding hydrogens is 280 g/mol. The standard InChI is InChI=1S/C11H14N6O2S/c1-6-4-13-8(20-6)5-14-10-9(17(18)19)7(2)15-11(12-3)16-10/h4H,5H2,1-3H3,(H2,12,14,15,16). The highest BCUT2D eigenvalue weighted by Gasteiger charge is 2.21. The summed E-state index contributed by atoms with van der Waals surface area (Å²) in [5.74, 6) is 0.533. The van der Waals surface area contributed by atoms with Gasteiger partial charge < -0.3 is 10.6 Å². The van der Waals surface area contributed by atoms with Crippen LogP contribution in [0.5, 0.6) is 0 Å². The Balaban J connectivity index is 2.28. The number of hydrogen-bond donors (Lipinski definition) is 2. The second-order valence-electron chi connectivity index (χ2n) is 4.06. The molecule has 0 aromatic carbocycles. The average molecular weight is 294 g/mol. The van der Waals surface area contributed by atoms with Crippen molar-refractivity contribution in [1.29, 1.82) is 0 Å². The van der Waals surface area contributed by atoms with E-state index in [0.29, 0.717) is 18.2 Å². The SMILES string of the molecule is CNc1nc(C)c([N+](=O)[O-])c(NCc2ncc(C)s2)n1. The van der Waals surface area contributed by atoms with E-state index in [-0.39, 0.29) is 11.5 Å². The lowest BCUT2D eigenvalue weighted by Crippen LogP contribution is -2.09. The molecule has 0 spiro atoms. The topological polar surface area (TPSA) is 106 Å². The lowest BCUT2D eigenvalue weighted by molar-refractivity contribution is -0.385. The molecular formula is C11H14N6O2S. The van der Waals surface area contributed by atoms with E-state index in [9.17, 15) is 10.1 Å². The minimum atomic E-state index is -0.482. The van der Waals surface area contributed by atoms with Crippen molar-refractivity contribution in [2.45, 2.75) is 20.4 Å². The number of aryl methyl sites for hydroxylation is 2. The van der Waals surface area contributed by atoms with E-state index in [0.717, 1.165) is 9.88 Å². The zero-order chi connectivity index (χ0) is 14.7. The molecule has 0 fully saturated rings. The first-order valence-corrected chi connectivity index (χ1v) is 6.69. The first-order valence-electron chi connectivity index (χ1n) is 5.87. The molecule has 2 aromatic heterocycles. The highest BCUT2D eigenvalue weighted by atomic mass is 32.1. The Morgan fingerprint density at radius 3 is 2.70 bits per heavy atom. The van der Waals surface area contributed by atoms with Crippen LogP contribution in [0, 0.1) is 24.0 Å². The number of thiazole rings is 1. The summed E-state index contributed by atoms with van der Waals surface area (Å²) in [5, 5.41) is 17.7. The predicted octanol–water partition coefficient (Wildman–Crippen LogP) is 2.11. The van der Waals surface area contributed by atoms with Crippen molar-refractivity contribution in [3.63, 3.8) is 0 Å². The molecule has 0 radical (unpaired) electrons. The zero-order valence-electron chi connectivity index (χ0n) is 11.3. The summed E-state index contributed by atoms with van der Waals surface area (Å²) >= 11 is 1.53. The van der Waals surface area contributed by atoms with Gasteiger partial charge in [0.1, 0.15) is 10.7 Å². The Hall–Kier alpha value is -2.29. The van der Waals surface area contributed by atoms with Gasteiger partial charge in [0.2, 0.25) is 11.8 Å². The highest BCUT2D eigenvalue weighted by Crippen LogP contribution is 2.27. The van der Waals surface area contributed by atoms with E-state index in [1.54, 1.807) is 20.2 Å². The van der Waals surface area contributed by atoms with Gasteiger partial charge in [-0.3, -0.25) is 10.1 Å². The summed E-state index contributed by atoms with van der Waals surface area (Å²) in [6.07, 6.45) is 1.76. The van der Waals surface area contributed by atoms with Gasteiger partial charge >= 0.3 is 5.69 Å². The zero-order valence-corrected chi connectivity index (χ0v) is 12.1. The van der Waals surface area contributed by atoms with Crippen molar-refractivity contribution in [1.82, 2.24) is 15.0 Å². The van der Waals surface area contributed by atoms with Crippen LogP contribution in [0.15, 0.2) is 6.20 Å². The van der Waals surface area contributed by atoms with E-state index < -0.39 is 4.92 Å². The van der Waals surface area contributed by atoms with Crippen LogP contribution in [0.4, 0.5) is 17.5 Å². The Morgan fingerprint density at radius 2 is 2.15 bits per heavy atom. The summed E-state index contributed by atoms with van der Waals surface area (Å²) in [6.45, 7) is 3.93. The van der Waals surface area contributed by atoms with Gasteiger partial charge in [-0.15, -0.1) is 11.3 Å². The van der Waals surface area contributed by atoms with Crippen molar-refractivity contribution in [3.05, 3.63) is 31.9 Å².